The van der Waals surface area contributed by atoms with Gasteiger partial charge in [-0.2, -0.15) is 0 Å². The highest BCUT2D eigenvalue weighted by atomic mass is 15.3. The summed E-state index contributed by atoms with van der Waals surface area (Å²) in [5.41, 5.74) is 2.00. The van der Waals surface area contributed by atoms with E-state index in [2.05, 4.69) is 36.0 Å². The Bertz CT molecular complexity index is 641. The quantitative estimate of drug-likeness (QED) is 0.690. The fourth-order valence-corrected chi connectivity index (χ4v) is 3.61. The van der Waals surface area contributed by atoms with Crippen molar-refractivity contribution >= 4 is 22.7 Å². The Morgan fingerprint density at radius 3 is 1.46 bits per heavy atom. The first-order chi connectivity index (χ1) is 11.7. The normalized spacial score (nSPS) is 20.8. The van der Waals surface area contributed by atoms with E-state index in [0.717, 1.165) is 48.8 Å². The molecule has 2 aliphatic rings. The zero-order valence-corrected chi connectivity index (χ0v) is 14.8. The summed E-state index contributed by atoms with van der Waals surface area (Å²) in [6.45, 7) is 8.91. The van der Waals surface area contributed by atoms with Crippen molar-refractivity contribution in [2.45, 2.75) is 0 Å². The molecule has 2 N–H and O–H groups in total. The van der Waals surface area contributed by atoms with Crippen LogP contribution in [0.2, 0.25) is 0 Å². The lowest BCUT2D eigenvalue weighted by Gasteiger charge is -2.36. The molecule has 0 radical (unpaired) electrons. The number of benzene rings is 1. The highest BCUT2D eigenvalue weighted by Crippen LogP contribution is 2.28. The van der Waals surface area contributed by atoms with Crippen molar-refractivity contribution in [2.75, 3.05) is 76.3 Å². The first kappa shape index (κ1) is 15.6. The van der Waals surface area contributed by atoms with Crippen LogP contribution in [0.1, 0.15) is 0 Å². The van der Waals surface area contributed by atoms with Crippen LogP contribution in [-0.4, -0.2) is 76.4 Å². The molecule has 0 unspecified atom stereocenters. The van der Waals surface area contributed by atoms with Crippen molar-refractivity contribution in [3.63, 3.8) is 0 Å². The summed E-state index contributed by atoms with van der Waals surface area (Å²) in [4.78, 5) is 18.1. The minimum atomic E-state index is 1.00. The van der Waals surface area contributed by atoms with Crippen LogP contribution in [0, 0.1) is 0 Å². The number of hydrogen-bond acceptors (Lipinski definition) is 4. The van der Waals surface area contributed by atoms with Gasteiger partial charge in [0.1, 0.15) is 0 Å². The number of anilines is 2. The average molecular weight is 328 g/mol. The van der Waals surface area contributed by atoms with Gasteiger partial charge in [0.2, 0.25) is 0 Å². The summed E-state index contributed by atoms with van der Waals surface area (Å²) in [6.07, 6.45) is 0. The van der Waals surface area contributed by atoms with E-state index in [1.54, 1.807) is 9.80 Å². The number of rotatable bonds is 2. The van der Waals surface area contributed by atoms with E-state index in [1.165, 1.54) is 26.2 Å². The summed E-state index contributed by atoms with van der Waals surface area (Å²) in [7, 11) is 4.54. The zero-order chi connectivity index (χ0) is 16.5. The van der Waals surface area contributed by atoms with Gasteiger partial charge in [-0.15, -0.1) is 0 Å². The molecule has 0 saturated carbocycles. The second-order valence-corrected chi connectivity index (χ2v) is 7.25. The number of fused-ring (bicyclic) bond motifs is 1. The molecule has 6 heteroatoms. The Morgan fingerprint density at radius 2 is 1.08 bits per heavy atom. The van der Waals surface area contributed by atoms with Crippen LogP contribution in [0.25, 0.3) is 11.0 Å². The van der Waals surface area contributed by atoms with Gasteiger partial charge >= 0.3 is 0 Å². The molecule has 0 spiro atoms. The van der Waals surface area contributed by atoms with E-state index in [0.29, 0.717) is 0 Å². The predicted octanol–water partition coefficient (Wildman–Crippen LogP) is -1.70. The van der Waals surface area contributed by atoms with Gasteiger partial charge in [-0.25, -0.2) is 9.97 Å². The van der Waals surface area contributed by atoms with Crippen molar-refractivity contribution in [3.05, 3.63) is 24.3 Å². The molecule has 0 bridgehead atoms. The molecular formula is C18H28N6+2. The van der Waals surface area contributed by atoms with Gasteiger partial charge in [-0.3, -0.25) is 0 Å². The second kappa shape index (κ2) is 6.53. The summed E-state index contributed by atoms with van der Waals surface area (Å²) in [5, 5.41) is 0. The minimum Gasteiger partial charge on any atom is -0.342 e. The van der Waals surface area contributed by atoms with Gasteiger partial charge in [0.25, 0.3) is 0 Å². The van der Waals surface area contributed by atoms with Crippen LogP contribution >= 0.6 is 0 Å². The molecule has 1 aromatic carbocycles. The fourth-order valence-electron chi connectivity index (χ4n) is 3.61. The van der Waals surface area contributed by atoms with Gasteiger partial charge in [0.15, 0.2) is 11.6 Å². The molecule has 6 nitrogen and oxygen atoms in total. The van der Waals surface area contributed by atoms with E-state index in [9.17, 15) is 0 Å². The molecule has 2 aliphatic heterocycles. The number of likely N-dealkylation sites (N-methyl/N-ethyl adjacent to an activating group) is 2. The third kappa shape index (κ3) is 3.03. The summed E-state index contributed by atoms with van der Waals surface area (Å²) in [5.74, 6) is 2.17. The molecule has 2 fully saturated rings. The number of hydrogen-bond donors (Lipinski definition) is 2. The molecule has 0 amide bonds. The van der Waals surface area contributed by atoms with E-state index in [-0.39, 0.29) is 0 Å². The molecule has 128 valence electrons. The Hall–Kier alpha value is -1.92. The van der Waals surface area contributed by atoms with Crippen molar-refractivity contribution in [3.8, 4) is 0 Å². The van der Waals surface area contributed by atoms with Crippen LogP contribution in [0.15, 0.2) is 24.3 Å². The standard InChI is InChI=1S/C18H26N6/c1-21-7-11-23(12-8-21)17-18(24-13-9-22(2)10-14-24)20-16-6-4-3-5-15(16)19-17/h3-6H,7-14H2,1-2H3/p+2. The third-order valence-electron chi connectivity index (χ3n) is 5.37. The van der Waals surface area contributed by atoms with Crippen LogP contribution < -0.4 is 19.6 Å². The first-order valence-corrected chi connectivity index (χ1v) is 9.10. The third-order valence-corrected chi connectivity index (χ3v) is 5.37. The maximum absolute atomic E-state index is 5.02. The highest BCUT2D eigenvalue weighted by Gasteiger charge is 2.27. The number of aromatic nitrogens is 2. The fraction of sp³-hybridized carbons (Fsp3) is 0.556. The average Bonchev–Trinajstić information content (AvgIpc) is 2.62. The molecule has 4 rings (SSSR count). The van der Waals surface area contributed by atoms with Crippen LogP contribution in [0.5, 0.6) is 0 Å². The lowest BCUT2D eigenvalue weighted by molar-refractivity contribution is -0.880. The van der Waals surface area contributed by atoms with Crippen molar-refractivity contribution in [1.82, 2.24) is 9.97 Å². The zero-order valence-electron chi connectivity index (χ0n) is 14.8. The van der Waals surface area contributed by atoms with Crippen molar-refractivity contribution < 1.29 is 9.80 Å². The largest absolute Gasteiger partial charge is 0.342 e. The molecule has 1 aromatic heterocycles. The van der Waals surface area contributed by atoms with Crippen molar-refractivity contribution in [2.24, 2.45) is 0 Å². The topological polar surface area (TPSA) is 41.1 Å². The number of para-hydroxylation sites is 2. The van der Waals surface area contributed by atoms with Gasteiger partial charge in [-0.05, 0) is 12.1 Å². The minimum absolute atomic E-state index is 1.00. The van der Waals surface area contributed by atoms with Gasteiger partial charge < -0.3 is 19.6 Å². The van der Waals surface area contributed by atoms with E-state index < -0.39 is 0 Å². The van der Waals surface area contributed by atoms with Crippen LogP contribution in [0.3, 0.4) is 0 Å². The number of piperazine rings is 2. The molecule has 3 heterocycles. The molecule has 2 saturated heterocycles. The lowest BCUT2D eigenvalue weighted by Crippen LogP contribution is -3.12. The van der Waals surface area contributed by atoms with Gasteiger partial charge in [-0.1, -0.05) is 12.1 Å². The smallest absolute Gasteiger partial charge is 0.173 e. The Labute approximate surface area is 143 Å². The molecule has 24 heavy (non-hydrogen) atoms. The summed E-state index contributed by atoms with van der Waals surface area (Å²) in [6, 6.07) is 8.25. The summed E-state index contributed by atoms with van der Waals surface area (Å²) < 4.78 is 0. The van der Waals surface area contributed by atoms with Crippen LogP contribution in [-0.2, 0) is 0 Å². The maximum atomic E-state index is 5.02. The molecular weight excluding hydrogens is 300 g/mol. The number of nitrogens with zero attached hydrogens (tertiary/aromatic N) is 4. The second-order valence-electron chi connectivity index (χ2n) is 7.25. The van der Waals surface area contributed by atoms with E-state index >= 15 is 0 Å². The SMILES string of the molecule is C[NH+]1CCN(c2nc3ccccc3nc2N2CC[NH+](C)CC2)CC1. The van der Waals surface area contributed by atoms with E-state index in [4.69, 9.17) is 9.97 Å². The first-order valence-electron chi connectivity index (χ1n) is 9.10. The molecule has 0 aliphatic carbocycles. The Kier molecular flexibility index (Phi) is 4.24. The molecule has 0 atom stereocenters. The lowest BCUT2D eigenvalue weighted by atomic mass is 10.2. The Morgan fingerprint density at radius 1 is 0.708 bits per heavy atom. The molecule has 2 aromatic rings. The number of nitrogens with one attached hydrogen (secondary N) is 2. The van der Waals surface area contributed by atoms with Gasteiger partial charge in [0.05, 0.1) is 77.5 Å². The monoisotopic (exact) mass is 328 g/mol. The predicted molar refractivity (Wildman–Crippen MR) is 97.2 cm³/mol. The highest BCUT2D eigenvalue weighted by molar-refractivity contribution is 5.81. The Balaban J connectivity index is 1.73. The van der Waals surface area contributed by atoms with Crippen LogP contribution in [0.4, 0.5) is 11.6 Å². The van der Waals surface area contributed by atoms with E-state index in [1.807, 2.05) is 12.1 Å². The van der Waals surface area contributed by atoms with Gasteiger partial charge in [0, 0.05) is 0 Å². The summed E-state index contributed by atoms with van der Waals surface area (Å²) >= 11 is 0. The van der Waals surface area contributed by atoms with Crippen molar-refractivity contribution in [1.29, 1.82) is 0 Å². The number of quaternary nitrogens is 2. The maximum Gasteiger partial charge on any atom is 0.173 e.